The zero-order valence-electron chi connectivity index (χ0n) is 12.1. The summed E-state index contributed by atoms with van der Waals surface area (Å²) >= 11 is 0. The normalized spacial score (nSPS) is 18.6. The van der Waals surface area contributed by atoms with Crippen LogP contribution in [-0.4, -0.2) is 44.6 Å². The molecule has 0 amide bonds. The second-order valence-corrected chi connectivity index (χ2v) is 5.60. The summed E-state index contributed by atoms with van der Waals surface area (Å²) in [5, 5.41) is 9.16. The average Bonchev–Trinajstić information content (AvgIpc) is 2.50. The zero-order chi connectivity index (χ0) is 13.9. The summed E-state index contributed by atoms with van der Waals surface area (Å²) in [7, 11) is 1.60. The lowest BCUT2D eigenvalue weighted by atomic mass is 9.91. The van der Waals surface area contributed by atoms with E-state index in [4.69, 9.17) is 14.6 Å². The molecule has 2 aliphatic rings. The van der Waals surface area contributed by atoms with Gasteiger partial charge in [0.1, 0.15) is 18.5 Å². The first-order chi connectivity index (χ1) is 9.83. The number of rotatable bonds is 5. The number of hydrogen-bond acceptors (Lipinski definition) is 4. The van der Waals surface area contributed by atoms with Gasteiger partial charge in [-0.1, -0.05) is 6.07 Å². The molecule has 1 aromatic carbocycles. The molecule has 1 atom stereocenters. The van der Waals surface area contributed by atoms with Gasteiger partial charge in [-0.2, -0.15) is 0 Å². The fourth-order valence-corrected chi connectivity index (χ4v) is 3.26. The third kappa shape index (κ3) is 2.50. The van der Waals surface area contributed by atoms with Crippen molar-refractivity contribution in [3.8, 4) is 5.75 Å². The maximum Gasteiger partial charge on any atom is 0.124 e. The van der Waals surface area contributed by atoms with E-state index in [1.165, 1.54) is 49.2 Å². The fraction of sp³-hybridized carbons (Fsp3) is 0.625. The Labute approximate surface area is 120 Å². The quantitative estimate of drug-likeness (QED) is 0.890. The van der Waals surface area contributed by atoms with Crippen molar-refractivity contribution in [2.45, 2.75) is 31.8 Å². The molecule has 4 heteroatoms. The van der Waals surface area contributed by atoms with E-state index in [0.29, 0.717) is 6.61 Å². The van der Waals surface area contributed by atoms with Crippen LogP contribution in [0.5, 0.6) is 5.75 Å². The number of anilines is 1. The van der Waals surface area contributed by atoms with Crippen LogP contribution in [0.25, 0.3) is 0 Å². The molecule has 110 valence electrons. The predicted molar refractivity (Wildman–Crippen MR) is 78.7 cm³/mol. The molecule has 1 aromatic rings. The SMILES string of the molecule is COC(CO)COc1ccc2c3c1CCCN3CCC2. The van der Waals surface area contributed by atoms with E-state index in [1.54, 1.807) is 7.11 Å². The summed E-state index contributed by atoms with van der Waals surface area (Å²) in [6.45, 7) is 2.73. The smallest absolute Gasteiger partial charge is 0.124 e. The minimum Gasteiger partial charge on any atom is -0.490 e. The van der Waals surface area contributed by atoms with Crippen LogP contribution in [0.3, 0.4) is 0 Å². The van der Waals surface area contributed by atoms with Crippen molar-refractivity contribution in [2.24, 2.45) is 0 Å². The molecule has 0 radical (unpaired) electrons. The van der Waals surface area contributed by atoms with Crippen molar-refractivity contribution in [1.82, 2.24) is 0 Å². The Morgan fingerprint density at radius 1 is 1.25 bits per heavy atom. The average molecular weight is 277 g/mol. The molecule has 3 rings (SSSR count). The van der Waals surface area contributed by atoms with E-state index in [1.807, 2.05) is 0 Å². The Morgan fingerprint density at radius 3 is 2.80 bits per heavy atom. The number of hydrogen-bond donors (Lipinski definition) is 1. The Bertz CT molecular complexity index is 469. The van der Waals surface area contributed by atoms with Gasteiger partial charge in [-0.3, -0.25) is 0 Å². The van der Waals surface area contributed by atoms with E-state index in [9.17, 15) is 0 Å². The van der Waals surface area contributed by atoms with Crippen LogP contribution in [0.1, 0.15) is 24.0 Å². The molecule has 0 saturated heterocycles. The van der Waals surface area contributed by atoms with Crippen molar-refractivity contribution in [3.05, 3.63) is 23.3 Å². The van der Waals surface area contributed by atoms with Crippen LogP contribution in [0, 0.1) is 0 Å². The van der Waals surface area contributed by atoms with E-state index < -0.39 is 0 Å². The predicted octanol–water partition coefficient (Wildman–Crippen LogP) is 1.77. The number of benzene rings is 1. The number of nitrogens with zero attached hydrogens (tertiary/aromatic N) is 1. The Hall–Kier alpha value is -1.26. The molecule has 2 heterocycles. The number of aliphatic hydroxyl groups is 1. The number of aryl methyl sites for hydroxylation is 1. The summed E-state index contributed by atoms with van der Waals surface area (Å²) in [4.78, 5) is 2.50. The first-order valence-electron chi connectivity index (χ1n) is 7.49. The summed E-state index contributed by atoms with van der Waals surface area (Å²) in [6, 6.07) is 4.29. The van der Waals surface area contributed by atoms with Gasteiger partial charge in [-0.05, 0) is 37.3 Å². The second-order valence-electron chi connectivity index (χ2n) is 5.60. The molecule has 1 unspecified atom stereocenters. The number of methoxy groups -OCH3 is 1. The van der Waals surface area contributed by atoms with Crippen LogP contribution in [0.4, 0.5) is 5.69 Å². The maximum atomic E-state index is 9.16. The molecular weight excluding hydrogens is 254 g/mol. The highest BCUT2D eigenvalue weighted by molar-refractivity contribution is 5.67. The molecule has 2 aliphatic heterocycles. The molecule has 0 aliphatic carbocycles. The second kappa shape index (κ2) is 6.02. The van der Waals surface area contributed by atoms with Crippen molar-refractivity contribution >= 4 is 5.69 Å². The first-order valence-corrected chi connectivity index (χ1v) is 7.49. The third-order valence-electron chi connectivity index (χ3n) is 4.33. The Balaban J connectivity index is 1.84. The summed E-state index contributed by atoms with van der Waals surface area (Å²) in [6.07, 6.45) is 4.46. The molecular formula is C16H23NO3. The van der Waals surface area contributed by atoms with Crippen LogP contribution >= 0.6 is 0 Å². The van der Waals surface area contributed by atoms with Gasteiger partial charge in [0.2, 0.25) is 0 Å². The van der Waals surface area contributed by atoms with Gasteiger partial charge >= 0.3 is 0 Å². The molecule has 0 spiro atoms. The minimum absolute atomic E-state index is 0.0110. The molecule has 4 nitrogen and oxygen atoms in total. The monoisotopic (exact) mass is 277 g/mol. The van der Waals surface area contributed by atoms with Gasteiger partial charge in [0.25, 0.3) is 0 Å². The van der Waals surface area contributed by atoms with Gasteiger partial charge in [-0.15, -0.1) is 0 Å². The third-order valence-corrected chi connectivity index (χ3v) is 4.33. The maximum absolute atomic E-state index is 9.16. The van der Waals surface area contributed by atoms with Crippen molar-refractivity contribution in [3.63, 3.8) is 0 Å². The van der Waals surface area contributed by atoms with Crippen LogP contribution in [-0.2, 0) is 17.6 Å². The largest absolute Gasteiger partial charge is 0.490 e. The van der Waals surface area contributed by atoms with E-state index in [2.05, 4.69) is 17.0 Å². The minimum atomic E-state index is -0.252. The summed E-state index contributed by atoms with van der Waals surface area (Å²) < 4.78 is 11.1. The molecule has 1 N–H and O–H groups in total. The van der Waals surface area contributed by atoms with Crippen molar-refractivity contribution in [1.29, 1.82) is 0 Å². The topological polar surface area (TPSA) is 41.9 Å². The first kappa shape index (κ1) is 13.7. The highest BCUT2D eigenvalue weighted by Gasteiger charge is 2.26. The number of ether oxygens (including phenoxy) is 2. The van der Waals surface area contributed by atoms with Gasteiger partial charge in [-0.25, -0.2) is 0 Å². The molecule has 0 aromatic heterocycles. The molecule has 0 saturated carbocycles. The van der Waals surface area contributed by atoms with Gasteiger partial charge in [0.15, 0.2) is 0 Å². The molecule has 0 fully saturated rings. The van der Waals surface area contributed by atoms with Gasteiger partial charge < -0.3 is 19.5 Å². The summed E-state index contributed by atoms with van der Waals surface area (Å²) in [5.41, 5.74) is 4.22. The lowest BCUT2D eigenvalue weighted by Crippen LogP contribution is -2.34. The highest BCUT2D eigenvalue weighted by Crippen LogP contribution is 2.40. The molecule has 0 bridgehead atoms. The Kier molecular flexibility index (Phi) is 4.13. The lowest BCUT2D eigenvalue weighted by Gasteiger charge is -2.37. The van der Waals surface area contributed by atoms with Crippen LogP contribution in [0.2, 0.25) is 0 Å². The van der Waals surface area contributed by atoms with E-state index in [0.717, 1.165) is 12.2 Å². The van der Waals surface area contributed by atoms with Crippen molar-refractivity contribution in [2.75, 3.05) is 38.3 Å². The number of aliphatic hydroxyl groups excluding tert-OH is 1. The van der Waals surface area contributed by atoms with E-state index >= 15 is 0 Å². The van der Waals surface area contributed by atoms with Gasteiger partial charge in [0.05, 0.1) is 6.61 Å². The van der Waals surface area contributed by atoms with Gasteiger partial charge in [0, 0.05) is 31.5 Å². The van der Waals surface area contributed by atoms with E-state index in [-0.39, 0.29) is 12.7 Å². The standard InChI is InChI=1S/C16H23NO3/c1-19-13(10-18)11-20-15-7-6-12-4-2-8-17-9-3-5-14(15)16(12)17/h6-7,13,18H,2-5,8-11H2,1H3. The van der Waals surface area contributed by atoms with Crippen molar-refractivity contribution < 1.29 is 14.6 Å². The van der Waals surface area contributed by atoms with Crippen LogP contribution < -0.4 is 9.64 Å². The zero-order valence-corrected chi connectivity index (χ0v) is 12.1. The lowest BCUT2D eigenvalue weighted by molar-refractivity contribution is 0.0162. The Morgan fingerprint density at radius 2 is 2.05 bits per heavy atom. The molecule has 20 heavy (non-hydrogen) atoms. The summed E-state index contributed by atoms with van der Waals surface area (Å²) in [5.74, 6) is 0.964. The van der Waals surface area contributed by atoms with Crippen LogP contribution in [0.15, 0.2) is 12.1 Å². The fourth-order valence-electron chi connectivity index (χ4n) is 3.26. The highest BCUT2D eigenvalue weighted by atomic mass is 16.5.